The summed E-state index contributed by atoms with van der Waals surface area (Å²) >= 11 is 0. The van der Waals surface area contributed by atoms with E-state index in [1.807, 2.05) is 0 Å². The minimum Gasteiger partial charge on any atom is -0.544 e. The second-order valence-electron chi connectivity index (χ2n) is 5.71. The molecule has 1 N–H and O–H groups in total. The molecule has 0 aromatic heterocycles. The number of ether oxygens (including phenoxy) is 3. The predicted molar refractivity (Wildman–Crippen MR) is 95.8 cm³/mol. The molecule has 1 heterocycles. The third-order valence-corrected chi connectivity index (χ3v) is 3.83. The molecule has 0 fully saturated rings. The van der Waals surface area contributed by atoms with Crippen molar-refractivity contribution in [3.63, 3.8) is 0 Å². The number of hydrogen-bond donors (Lipinski definition) is 1. The lowest BCUT2D eigenvalue weighted by Gasteiger charge is -2.10. The highest BCUT2D eigenvalue weighted by molar-refractivity contribution is 6.25. The average molecular weight is 402 g/mol. The Morgan fingerprint density at radius 2 is 1.90 bits per heavy atom. The lowest BCUT2D eigenvalue weighted by molar-refractivity contribution is -0.298. The molecule has 0 atom stereocenters. The van der Waals surface area contributed by atoms with Gasteiger partial charge in [-0.3, -0.25) is 4.79 Å². The van der Waals surface area contributed by atoms with Gasteiger partial charge < -0.3 is 29.4 Å². The molecule has 2 aromatic carbocycles. The Morgan fingerprint density at radius 3 is 2.52 bits per heavy atom. The zero-order valence-electron chi connectivity index (χ0n) is 15.0. The molecule has 150 valence electrons. The fourth-order valence-electron chi connectivity index (χ4n) is 2.57. The standard InChI is InChI=1S/C20H15F2NO6/c1-27-14-9-11(7-8-13(14)29-20(21)22)10-15-17(24)16(19(25)26)18(28-15)23-12-5-3-2-4-6-12/h2-10,20,23H,1H3,(H,25,26)/p-1/b15-10-. The monoisotopic (exact) mass is 402 g/mol. The molecule has 1 aliphatic heterocycles. The second kappa shape index (κ2) is 8.42. The molecule has 0 unspecified atom stereocenters. The first-order chi connectivity index (χ1) is 13.9. The summed E-state index contributed by atoms with van der Waals surface area (Å²) in [5, 5.41) is 14.1. The number of aliphatic carboxylic acids is 1. The van der Waals surface area contributed by atoms with Gasteiger partial charge in [0.25, 0.3) is 0 Å². The second-order valence-corrected chi connectivity index (χ2v) is 5.71. The molecular formula is C20H14F2NO6-. The van der Waals surface area contributed by atoms with Gasteiger partial charge in [0.05, 0.1) is 13.1 Å². The van der Waals surface area contributed by atoms with Crippen molar-refractivity contribution in [2.75, 3.05) is 12.4 Å². The number of allylic oxidation sites excluding steroid dienone is 1. The molecule has 0 amide bonds. The Bertz CT molecular complexity index is 1000. The number of carbonyl (C=O) groups is 2. The van der Waals surface area contributed by atoms with Crippen molar-refractivity contribution >= 4 is 23.5 Å². The topological polar surface area (TPSA) is 96.9 Å². The highest BCUT2D eigenvalue weighted by atomic mass is 19.3. The summed E-state index contributed by atoms with van der Waals surface area (Å²) < 4.78 is 39.6. The van der Waals surface area contributed by atoms with E-state index < -0.39 is 23.9 Å². The van der Waals surface area contributed by atoms with Gasteiger partial charge in [0.1, 0.15) is 5.57 Å². The van der Waals surface area contributed by atoms with Crippen molar-refractivity contribution in [1.82, 2.24) is 0 Å². The maximum atomic E-state index is 12.5. The van der Waals surface area contributed by atoms with Gasteiger partial charge >= 0.3 is 6.61 Å². The summed E-state index contributed by atoms with van der Waals surface area (Å²) in [6.07, 6.45) is 1.25. The molecule has 0 bridgehead atoms. The van der Waals surface area contributed by atoms with Gasteiger partial charge in [0, 0.05) is 5.69 Å². The number of carbonyl (C=O) groups excluding carboxylic acids is 2. The van der Waals surface area contributed by atoms with E-state index >= 15 is 0 Å². The Hall–Kier alpha value is -3.88. The average Bonchev–Trinajstić information content (AvgIpc) is 2.98. The molecule has 0 spiro atoms. The van der Waals surface area contributed by atoms with E-state index in [4.69, 9.17) is 9.47 Å². The van der Waals surface area contributed by atoms with Gasteiger partial charge in [0.2, 0.25) is 11.7 Å². The number of Topliss-reactive ketones (excluding diaryl/α,β-unsaturated/α-hetero) is 1. The van der Waals surface area contributed by atoms with Crippen molar-refractivity contribution in [1.29, 1.82) is 0 Å². The van der Waals surface area contributed by atoms with E-state index in [0.29, 0.717) is 11.3 Å². The lowest BCUT2D eigenvalue weighted by Crippen LogP contribution is -2.28. The molecule has 29 heavy (non-hydrogen) atoms. The molecular weight excluding hydrogens is 388 g/mol. The largest absolute Gasteiger partial charge is 0.544 e. The number of carboxylic acids is 1. The van der Waals surface area contributed by atoms with Gasteiger partial charge in [-0.15, -0.1) is 0 Å². The van der Waals surface area contributed by atoms with Crippen molar-refractivity contribution in [2.24, 2.45) is 0 Å². The Morgan fingerprint density at radius 1 is 1.17 bits per heavy atom. The number of halogens is 2. The normalized spacial score (nSPS) is 14.9. The minimum atomic E-state index is -3.03. The molecule has 0 saturated carbocycles. The molecule has 2 aromatic rings. The van der Waals surface area contributed by atoms with E-state index in [2.05, 4.69) is 10.1 Å². The number of hydrogen-bond acceptors (Lipinski definition) is 7. The molecule has 0 radical (unpaired) electrons. The number of ketones is 1. The number of benzene rings is 2. The van der Waals surface area contributed by atoms with Crippen LogP contribution in [0.2, 0.25) is 0 Å². The van der Waals surface area contributed by atoms with Crippen LogP contribution in [-0.4, -0.2) is 25.5 Å². The summed E-state index contributed by atoms with van der Waals surface area (Å²) in [7, 11) is 1.26. The van der Waals surface area contributed by atoms with Crippen molar-refractivity contribution in [3.05, 3.63) is 71.3 Å². The Labute approximate surface area is 163 Å². The minimum absolute atomic E-state index is 0.000754. The number of alkyl halides is 2. The predicted octanol–water partition coefficient (Wildman–Crippen LogP) is 2.31. The number of nitrogens with one attached hydrogen (secondary N) is 1. The third kappa shape index (κ3) is 4.52. The van der Waals surface area contributed by atoms with Crippen LogP contribution in [0.4, 0.5) is 14.5 Å². The summed E-state index contributed by atoms with van der Waals surface area (Å²) in [6.45, 7) is -3.03. The van der Waals surface area contributed by atoms with Crippen LogP contribution in [0, 0.1) is 0 Å². The van der Waals surface area contributed by atoms with Crippen LogP contribution in [0.15, 0.2) is 65.7 Å². The molecule has 0 aliphatic carbocycles. The number of methoxy groups -OCH3 is 1. The fraction of sp³-hybridized carbons (Fsp3) is 0.100. The third-order valence-electron chi connectivity index (χ3n) is 3.83. The van der Waals surface area contributed by atoms with Crippen LogP contribution >= 0.6 is 0 Å². The van der Waals surface area contributed by atoms with Crippen LogP contribution < -0.4 is 19.9 Å². The molecule has 3 rings (SSSR count). The summed E-state index contributed by atoms with van der Waals surface area (Å²) in [5.74, 6) is -3.35. The zero-order chi connectivity index (χ0) is 21.0. The first-order valence-electron chi connectivity index (χ1n) is 8.24. The van der Waals surface area contributed by atoms with Gasteiger partial charge in [-0.2, -0.15) is 8.78 Å². The Balaban J connectivity index is 1.89. The quantitative estimate of drug-likeness (QED) is 0.561. The number of para-hydroxylation sites is 1. The maximum Gasteiger partial charge on any atom is 0.387 e. The maximum absolute atomic E-state index is 12.5. The first-order valence-corrected chi connectivity index (χ1v) is 8.24. The van der Waals surface area contributed by atoms with E-state index in [0.717, 1.165) is 0 Å². The fourth-order valence-corrected chi connectivity index (χ4v) is 2.57. The number of carboxylic acid groups (broad SMARTS) is 1. The van der Waals surface area contributed by atoms with E-state index in [1.54, 1.807) is 30.3 Å². The van der Waals surface area contributed by atoms with Crippen LogP contribution in [0.25, 0.3) is 6.08 Å². The molecule has 0 saturated heterocycles. The van der Waals surface area contributed by atoms with E-state index in [1.165, 1.54) is 31.4 Å². The van der Waals surface area contributed by atoms with Crippen LogP contribution in [0.1, 0.15) is 5.56 Å². The van der Waals surface area contributed by atoms with Gasteiger partial charge in [0.15, 0.2) is 17.3 Å². The highest BCUT2D eigenvalue weighted by Gasteiger charge is 2.32. The lowest BCUT2D eigenvalue weighted by atomic mass is 10.1. The summed E-state index contributed by atoms with van der Waals surface area (Å²) in [5.41, 5.74) is 0.181. The first kappa shape index (κ1) is 19.9. The smallest absolute Gasteiger partial charge is 0.387 e. The molecule has 9 heteroatoms. The van der Waals surface area contributed by atoms with Crippen molar-refractivity contribution in [2.45, 2.75) is 6.61 Å². The summed E-state index contributed by atoms with van der Waals surface area (Å²) in [4.78, 5) is 23.9. The van der Waals surface area contributed by atoms with E-state index in [-0.39, 0.29) is 23.1 Å². The van der Waals surface area contributed by atoms with Crippen LogP contribution in [-0.2, 0) is 14.3 Å². The van der Waals surface area contributed by atoms with E-state index in [9.17, 15) is 23.5 Å². The van der Waals surface area contributed by atoms with Crippen LogP contribution in [0.5, 0.6) is 11.5 Å². The zero-order valence-corrected chi connectivity index (χ0v) is 15.0. The SMILES string of the molecule is COc1cc(/C=C2\OC(Nc3ccccc3)=C(C(=O)[O-])C2=O)ccc1OC(F)F. The summed E-state index contributed by atoms with van der Waals surface area (Å²) in [6, 6.07) is 12.4. The highest BCUT2D eigenvalue weighted by Crippen LogP contribution is 2.32. The number of rotatable bonds is 7. The van der Waals surface area contributed by atoms with Crippen LogP contribution in [0.3, 0.4) is 0 Å². The molecule has 7 nitrogen and oxygen atoms in total. The van der Waals surface area contributed by atoms with Crippen molar-refractivity contribution < 1.29 is 37.7 Å². The van der Waals surface area contributed by atoms with Gasteiger partial charge in [-0.25, -0.2) is 0 Å². The Kier molecular flexibility index (Phi) is 5.77. The van der Waals surface area contributed by atoms with Crippen molar-refractivity contribution in [3.8, 4) is 11.5 Å². The molecule has 1 aliphatic rings. The number of anilines is 1. The van der Waals surface area contributed by atoms with Gasteiger partial charge in [-0.1, -0.05) is 24.3 Å². The van der Waals surface area contributed by atoms with Gasteiger partial charge in [-0.05, 0) is 35.9 Å².